The molecule has 1 aliphatic heterocycles. The Labute approximate surface area is 195 Å². The predicted molar refractivity (Wildman–Crippen MR) is 133 cm³/mol. The average Bonchev–Trinajstić information content (AvgIpc) is 2.75. The van der Waals surface area contributed by atoms with Gasteiger partial charge in [-0.25, -0.2) is 0 Å². The van der Waals surface area contributed by atoms with E-state index in [1.165, 1.54) is 5.56 Å². The summed E-state index contributed by atoms with van der Waals surface area (Å²) in [6.45, 7) is 6.97. The van der Waals surface area contributed by atoms with E-state index >= 15 is 0 Å². The number of anilines is 1. The number of nitrogens with zero attached hydrogens (tertiary/aromatic N) is 2. The van der Waals surface area contributed by atoms with Gasteiger partial charge in [0, 0.05) is 18.8 Å². The third kappa shape index (κ3) is 6.70. The van der Waals surface area contributed by atoms with Crippen molar-refractivity contribution in [3.8, 4) is 0 Å². The predicted octanol–water partition coefficient (Wildman–Crippen LogP) is 3.80. The highest BCUT2D eigenvalue weighted by Crippen LogP contribution is 2.21. The summed E-state index contributed by atoms with van der Waals surface area (Å²) >= 11 is 0. The first-order chi connectivity index (χ1) is 14.0. The van der Waals surface area contributed by atoms with E-state index in [1.807, 2.05) is 47.4 Å². The van der Waals surface area contributed by atoms with Gasteiger partial charge in [-0.05, 0) is 29.2 Å². The summed E-state index contributed by atoms with van der Waals surface area (Å²) in [5.74, 6) is 0.444. The lowest BCUT2D eigenvalue weighted by molar-refractivity contribution is -0.136. The molecule has 2 aromatic carbocycles. The Morgan fingerprint density at radius 3 is 2.43 bits per heavy atom. The Balaban J connectivity index is 0.00000320. The minimum atomic E-state index is -0.364. The summed E-state index contributed by atoms with van der Waals surface area (Å²) in [6, 6.07) is 17.9. The van der Waals surface area contributed by atoms with Crippen molar-refractivity contribution in [3.05, 3.63) is 65.7 Å². The molecule has 1 fully saturated rings. The zero-order valence-corrected chi connectivity index (χ0v) is 19.9. The van der Waals surface area contributed by atoms with Gasteiger partial charge in [0.15, 0.2) is 5.96 Å². The fraction of sp³-hybridized carbons (Fsp3) is 0.391. The van der Waals surface area contributed by atoms with Gasteiger partial charge in [0.2, 0.25) is 5.91 Å². The van der Waals surface area contributed by atoms with E-state index in [0.29, 0.717) is 44.7 Å². The van der Waals surface area contributed by atoms with Crippen LogP contribution in [0, 0.1) is 0 Å². The van der Waals surface area contributed by atoms with Crippen molar-refractivity contribution in [1.82, 2.24) is 4.90 Å². The molecule has 0 bridgehead atoms. The van der Waals surface area contributed by atoms with Gasteiger partial charge < -0.3 is 20.7 Å². The number of hydrogen-bond donors (Lipinski definition) is 2. The number of guanidine groups is 1. The number of halogens is 1. The third-order valence-corrected chi connectivity index (χ3v) is 5.09. The second-order valence-electron chi connectivity index (χ2n) is 7.53. The molecule has 1 unspecified atom stereocenters. The lowest BCUT2D eigenvalue weighted by Gasteiger charge is -2.30. The van der Waals surface area contributed by atoms with Crippen LogP contribution in [0.2, 0.25) is 0 Å². The van der Waals surface area contributed by atoms with E-state index in [0.717, 1.165) is 11.3 Å². The number of morpholine rings is 1. The van der Waals surface area contributed by atoms with E-state index in [9.17, 15) is 4.79 Å². The van der Waals surface area contributed by atoms with Crippen LogP contribution >= 0.6 is 24.0 Å². The van der Waals surface area contributed by atoms with E-state index in [2.05, 4.69) is 36.3 Å². The molecular formula is C23H31IN4O2. The first kappa shape index (κ1) is 24.1. The monoisotopic (exact) mass is 522 g/mol. The molecule has 7 heteroatoms. The normalized spacial score (nSPS) is 15.4. The van der Waals surface area contributed by atoms with Crippen molar-refractivity contribution >= 4 is 41.5 Å². The summed E-state index contributed by atoms with van der Waals surface area (Å²) in [5, 5.41) is 3.15. The molecule has 1 atom stereocenters. The van der Waals surface area contributed by atoms with Crippen LogP contribution in [0.1, 0.15) is 36.8 Å². The number of nitrogens with one attached hydrogen (secondary N) is 1. The van der Waals surface area contributed by atoms with Gasteiger partial charge in [-0.3, -0.25) is 9.79 Å². The SMILES string of the molecule is CC(C)c1cccc(NC(N)=NCC(C(=O)N2CCOCC2)c2ccccc2)c1.I. The maximum Gasteiger partial charge on any atom is 0.232 e. The largest absolute Gasteiger partial charge is 0.378 e. The summed E-state index contributed by atoms with van der Waals surface area (Å²) in [5.41, 5.74) is 9.20. The number of carbonyl (C=O) groups is 1. The summed E-state index contributed by atoms with van der Waals surface area (Å²) in [7, 11) is 0. The molecule has 0 saturated carbocycles. The standard InChI is InChI=1S/C23H30N4O2.HI/c1-17(2)19-9-6-10-20(15-19)26-23(24)25-16-21(18-7-4-3-5-8-18)22(28)27-11-13-29-14-12-27;/h3-10,15,17,21H,11-14,16H2,1-2H3,(H3,24,25,26);1H. The molecule has 0 aliphatic carbocycles. The van der Waals surface area contributed by atoms with Gasteiger partial charge in [0.25, 0.3) is 0 Å². The minimum Gasteiger partial charge on any atom is -0.378 e. The van der Waals surface area contributed by atoms with Gasteiger partial charge in [-0.1, -0.05) is 56.3 Å². The molecule has 0 aromatic heterocycles. The average molecular weight is 522 g/mol. The van der Waals surface area contributed by atoms with E-state index in [-0.39, 0.29) is 35.8 Å². The van der Waals surface area contributed by atoms with Crippen molar-refractivity contribution in [2.75, 3.05) is 38.2 Å². The van der Waals surface area contributed by atoms with Crippen LogP contribution in [-0.2, 0) is 9.53 Å². The van der Waals surface area contributed by atoms with Crippen LogP contribution in [-0.4, -0.2) is 49.6 Å². The molecule has 0 spiro atoms. The van der Waals surface area contributed by atoms with Crippen molar-refractivity contribution in [2.24, 2.45) is 10.7 Å². The molecule has 1 saturated heterocycles. The molecule has 2 aromatic rings. The lowest BCUT2D eigenvalue weighted by Crippen LogP contribution is -2.43. The first-order valence-corrected chi connectivity index (χ1v) is 10.1. The number of nitrogens with two attached hydrogens (primary N) is 1. The number of amides is 1. The Hall–Kier alpha value is -2.13. The molecule has 1 heterocycles. The van der Waals surface area contributed by atoms with E-state index < -0.39 is 0 Å². The molecule has 3 N–H and O–H groups in total. The maximum atomic E-state index is 13.1. The second-order valence-corrected chi connectivity index (χ2v) is 7.53. The highest BCUT2D eigenvalue weighted by molar-refractivity contribution is 14.0. The number of rotatable bonds is 6. The highest BCUT2D eigenvalue weighted by Gasteiger charge is 2.27. The topological polar surface area (TPSA) is 79.9 Å². The Morgan fingerprint density at radius 2 is 1.77 bits per heavy atom. The van der Waals surface area contributed by atoms with Gasteiger partial charge >= 0.3 is 0 Å². The fourth-order valence-electron chi connectivity index (χ4n) is 3.37. The van der Waals surface area contributed by atoms with Crippen molar-refractivity contribution in [2.45, 2.75) is 25.7 Å². The van der Waals surface area contributed by atoms with Crippen LogP contribution in [0.4, 0.5) is 5.69 Å². The molecule has 1 amide bonds. The molecule has 3 rings (SSSR count). The quantitative estimate of drug-likeness (QED) is 0.344. The zero-order chi connectivity index (χ0) is 20.6. The van der Waals surface area contributed by atoms with Gasteiger partial charge in [-0.2, -0.15) is 0 Å². The van der Waals surface area contributed by atoms with Gasteiger partial charge in [-0.15, -0.1) is 24.0 Å². The van der Waals surface area contributed by atoms with Gasteiger partial charge in [0.05, 0.1) is 25.7 Å². The smallest absolute Gasteiger partial charge is 0.232 e. The second kappa shape index (κ2) is 11.9. The Kier molecular flexibility index (Phi) is 9.58. The molecule has 0 radical (unpaired) electrons. The Morgan fingerprint density at radius 1 is 1.10 bits per heavy atom. The van der Waals surface area contributed by atoms with Crippen LogP contribution < -0.4 is 11.1 Å². The maximum absolute atomic E-state index is 13.1. The molecule has 6 nitrogen and oxygen atoms in total. The van der Waals surface area contributed by atoms with Crippen LogP contribution in [0.25, 0.3) is 0 Å². The van der Waals surface area contributed by atoms with Crippen LogP contribution in [0.5, 0.6) is 0 Å². The van der Waals surface area contributed by atoms with Crippen LogP contribution in [0.3, 0.4) is 0 Å². The van der Waals surface area contributed by atoms with Crippen molar-refractivity contribution in [1.29, 1.82) is 0 Å². The molecule has 1 aliphatic rings. The molecular weight excluding hydrogens is 491 g/mol. The fourth-order valence-corrected chi connectivity index (χ4v) is 3.37. The van der Waals surface area contributed by atoms with Crippen LogP contribution in [0.15, 0.2) is 59.6 Å². The summed E-state index contributed by atoms with van der Waals surface area (Å²) in [6.07, 6.45) is 0. The van der Waals surface area contributed by atoms with Gasteiger partial charge in [0.1, 0.15) is 0 Å². The first-order valence-electron chi connectivity index (χ1n) is 10.1. The zero-order valence-electron chi connectivity index (χ0n) is 17.6. The highest BCUT2D eigenvalue weighted by atomic mass is 127. The number of hydrogen-bond acceptors (Lipinski definition) is 3. The summed E-state index contributed by atoms with van der Waals surface area (Å²) < 4.78 is 5.37. The third-order valence-electron chi connectivity index (χ3n) is 5.09. The van der Waals surface area contributed by atoms with E-state index in [1.54, 1.807) is 0 Å². The number of aliphatic imine (C=N–C) groups is 1. The number of benzene rings is 2. The lowest BCUT2D eigenvalue weighted by atomic mass is 9.97. The Bertz CT molecular complexity index is 836. The summed E-state index contributed by atoms with van der Waals surface area (Å²) in [4.78, 5) is 19.5. The van der Waals surface area contributed by atoms with E-state index in [4.69, 9.17) is 10.5 Å². The molecule has 162 valence electrons. The molecule has 30 heavy (non-hydrogen) atoms. The van der Waals surface area contributed by atoms with Crippen molar-refractivity contribution < 1.29 is 9.53 Å². The minimum absolute atomic E-state index is 0. The van der Waals surface area contributed by atoms with Crippen molar-refractivity contribution in [3.63, 3.8) is 0 Å². The number of ether oxygens (including phenoxy) is 1. The number of carbonyl (C=O) groups excluding carboxylic acids is 1.